The fraction of sp³-hybridized carbons (Fsp3) is 0.462. The molecule has 2 rings (SSSR count). The lowest BCUT2D eigenvalue weighted by Gasteiger charge is -2.26. The van der Waals surface area contributed by atoms with E-state index in [0.29, 0.717) is 5.92 Å². The van der Waals surface area contributed by atoms with Crippen molar-refractivity contribution in [2.45, 2.75) is 12.8 Å². The summed E-state index contributed by atoms with van der Waals surface area (Å²) >= 11 is 0. The topological polar surface area (TPSA) is 114 Å². The van der Waals surface area contributed by atoms with Gasteiger partial charge in [-0.1, -0.05) is 0 Å². The van der Waals surface area contributed by atoms with Crippen LogP contribution in [0.25, 0.3) is 0 Å². The molecule has 1 saturated heterocycles. The van der Waals surface area contributed by atoms with Crippen molar-refractivity contribution in [1.29, 1.82) is 0 Å². The molecule has 1 aromatic rings. The maximum atomic E-state index is 11.0. The van der Waals surface area contributed by atoms with Gasteiger partial charge in [0.15, 0.2) is 0 Å². The minimum Gasteiger partial charge on any atom is -0.306 e. The summed E-state index contributed by atoms with van der Waals surface area (Å²) in [6, 6.07) is 3.43. The Kier molecular flexibility index (Phi) is 4.99. The van der Waals surface area contributed by atoms with Crippen LogP contribution in [0.3, 0.4) is 0 Å². The third-order valence-electron chi connectivity index (χ3n) is 3.62. The van der Waals surface area contributed by atoms with E-state index in [0.717, 1.165) is 32.0 Å². The number of nitrogens with zero attached hydrogens (tertiary/aromatic N) is 4. The van der Waals surface area contributed by atoms with Gasteiger partial charge < -0.3 is 4.90 Å². The lowest BCUT2D eigenvalue weighted by molar-refractivity contribution is -0.393. The van der Waals surface area contributed by atoms with Crippen molar-refractivity contribution in [1.82, 2.24) is 4.90 Å². The predicted octanol–water partition coefficient (Wildman–Crippen LogP) is 2.24. The highest BCUT2D eigenvalue weighted by molar-refractivity contribution is 5.68. The number of hydrogen-bond acceptors (Lipinski definition) is 7. The van der Waals surface area contributed by atoms with Gasteiger partial charge in [-0.15, -0.1) is 0 Å². The second-order valence-corrected chi connectivity index (χ2v) is 5.25. The van der Waals surface area contributed by atoms with Crippen molar-refractivity contribution >= 4 is 23.3 Å². The number of rotatable bonds is 5. The quantitative estimate of drug-likeness (QED) is 0.507. The van der Waals surface area contributed by atoms with Crippen LogP contribution in [-0.2, 0) is 0 Å². The average molecular weight is 307 g/mol. The number of benzene rings is 1. The molecule has 0 bridgehead atoms. The van der Waals surface area contributed by atoms with Crippen LogP contribution in [-0.4, -0.2) is 41.1 Å². The first-order valence-corrected chi connectivity index (χ1v) is 6.88. The molecule has 1 aromatic carbocycles. The molecule has 0 unspecified atom stereocenters. The van der Waals surface area contributed by atoms with E-state index in [-0.39, 0.29) is 17.1 Å². The Morgan fingerprint density at radius 1 is 1.27 bits per heavy atom. The monoisotopic (exact) mass is 307 g/mol. The maximum absolute atomic E-state index is 11.0. The van der Waals surface area contributed by atoms with Crippen LogP contribution in [0.5, 0.6) is 0 Å². The second kappa shape index (κ2) is 6.94. The molecule has 118 valence electrons. The van der Waals surface area contributed by atoms with E-state index < -0.39 is 9.85 Å². The number of nitrogens with one attached hydrogen (secondary N) is 1. The molecule has 1 N–H and O–H groups in total. The molecule has 0 aromatic heterocycles. The highest BCUT2D eigenvalue weighted by Gasteiger charge is 2.19. The van der Waals surface area contributed by atoms with Crippen LogP contribution in [0.2, 0.25) is 0 Å². The summed E-state index contributed by atoms with van der Waals surface area (Å²) < 4.78 is 0. The molecule has 0 saturated carbocycles. The zero-order valence-corrected chi connectivity index (χ0v) is 12.1. The van der Waals surface area contributed by atoms with Crippen molar-refractivity contribution in [3.8, 4) is 0 Å². The second-order valence-electron chi connectivity index (χ2n) is 5.25. The van der Waals surface area contributed by atoms with Crippen LogP contribution in [0, 0.1) is 26.1 Å². The summed E-state index contributed by atoms with van der Waals surface area (Å²) in [4.78, 5) is 22.5. The summed E-state index contributed by atoms with van der Waals surface area (Å²) in [5.41, 5.74) is 2.06. The minimum atomic E-state index is -0.668. The van der Waals surface area contributed by atoms with Crippen LogP contribution < -0.4 is 5.43 Å². The first kappa shape index (κ1) is 15.8. The van der Waals surface area contributed by atoms with Crippen LogP contribution in [0.15, 0.2) is 23.3 Å². The van der Waals surface area contributed by atoms with Gasteiger partial charge in [-0.25, -0.2) is 0 Å². The number of hydrogen-bond donors (Lipinski definition) is 1. The van der Waals surface area contributed by atoms with Gasteiger partial charge in [0, 0.05) is 12.3 Å². The van der Waals surface area contributed by atoms with Gasteiger partial charge in [-0.3, -0.25) is 25.7 Å². The Morgan fingerprint density at radius 3 is 2.55 bits per heavy atom. The molecule has 1 fully saturated rings. The van der Waals surface area contributed by atoms with Gasteiger partial charge in [0.2, 0.25) is 0 Å². The van der Waals surface area contributed by atoms with Crippen molar-refractivity contribution < 1.29 is 9.85 Å². The van der Waals surface area contributed by atoms with E-state index in [1.807, 2.05) is 0 Å². The Hall–Kier alpha value is -2.55. The molecule has 0 radical (unpaired) electrons. The summed E-state index contributed by atoms with van der Waals surface area (Å²) in [5, 5.41) is 25.7. The van der Waals surface area contributed by atoms with Crippen molar-refractivity contribution in [3.05, 3.63) is 38.4 Å². The van der Waals surface area contributed by atoms with Gasteiger partial charge in [0.25, 0.3) is 5.69 Å². The van der Waals surface area contributed by atoms with Crippen LogP contribution in [0.1, 0.15) is 12.8 Å². The molecule has 1 aliphatic heterocycles. The van der Waals surface area contributed by atoms with Crippen LogP contribution in [0.4, 0.5) is 17.1 Å². The summed E-state index contributed by atoms with van der Waals surface area (Å²) in [6.45, 7) is 1.99. The number of piperidine rings is 1. The number of nitro benzene ring substituents is 2. The fourth-order valence-electron chi connectivity index (χ4n) is 2.27. The molecule has 0 spiro atoms. The molecule has 22 heavy (non-hydrogen) atoms. The highest BCUT2D eigenvalue weighted by atomic mass is 16.6. The van der Waals surface area contributed by atoms with Crippen molar-refractivity contribution in [2.24, 2.45) is 11.0 Å². The normalized spacial score (nSPS) is 16.8. The third kappa shape index (κ3) is 3.98. The van der Waals surface area contributed by atoms with Gasteiger partial charge >= 0.3 is 5.69 Å². The highest BCUT2D eigenvalue weighted by Crippen LogP contribution is 2.28. The zero-order valence-electron chi connectivity index (χ0n) is 12.1. The number of nitro groups is 2. The van der Waals surface area contributed by atoms with Crippen molar-refractivity contribution in [2.75, 3.05) is 25.6 Å². The standard InChI is InChI=1S/C13H17N5O4/c1-16-6-4-10(5-7-16)9-14-15-12-3-2-11(17(19)20)8-13(12)18(21)22/h2-3,8-10,15H,4-7H2,1H3/b14-9-. The minimum absolute atomic E-state index is 0.139. The molecule has 0 amide bonds. The largest absolute Gasteiger partial charge is 0.306 e. The van der Waals surface area contributed by atoms with E-state index in [1.165, 1.54) is 12.1 Å². The fourth-order valence-corrected chi connectivity index (χ4v) is 2.27. The van der Waals surface area contributed by atoms with E-state index in [2.05, 4.69) is 22.5 Å². The predicted molar refractivity (Wildman–Crippen MR) is 82.1 cm³/mol. The lowest BCUT2D eigenvalue weighted by atomic mass is 9.99. The number of non-ortho nitro benzene ring substituents is 1. The Balaban J connectivity index is 2.06. The summed E-state index contributed by atoms with van der Waals surface area (Å²) in [7, 11) is 2.06. The van der Waals surface area contributed by atoms with Crippen LogP contribution >= 0.6 is 0 Å². The lowest BCUT2D eigenvalue weighted by Crippen LogP contribution is -2.30. The van der Waals surface area contributed by atoms with Crippen molar-refractivity contribution in [3.63, 3.8) is 0 Å². The SMILES string of the molecule is CN1CCC(/C=N\Nc2ccc([N+](=O)[O-])cc2[N+](=O)[O-])CC1. The Bertz CT molecular complexity index is 596. The van der Waals surface area contributed by atoms with Gasteiger partial charge in [-0.05, 0) is 45.0 Å². The number of likely N-dealkylation sites (tertiary alicyclic amines) is 1. The summed E-state index contributed by atoms with van der Waals surface area (Å²) in [6.07, 6.45) is 3.73. The third-order valence-corrected chi connectivity index (χ3v) is 3.62. The number of hydrazone groups is 1. The zero-order chi connectivity index (χ0) is 16.1. The first-order chi connectivity index (χ1) is 10.5. The van der Waals surface area contributed by atoms with E-state index in [4.69, 9.17) is 0 Å². The van der Waals surface area contributed by atoms with Gasteiger partial charge in [0.05, 0.1) is 15.9 Å². The molecule has 1 heterocycles. The Morgan fingerprint density at radius 2 is 1.95 bits per heavy atom. The van der Waals surface area contributed by atoms with E-state index in [9.17, 15) is 20.2 Å². The Labute approximate surface area is 126 Å². The molecular formula is C13H17N5O4. The molecule has 9 nitrogen and oxygen atoms in total. The molecule has 1 aliphatic rings. The average Bonchev–Trinajstić information content (AvgIpc) is 2.49. The maximum Gasteiger partial charge on any atom is 0.301 e. The smallest absolute Gasteiger partial charge is 0.301 e. The molecular weight excluding hydrogens is 290 g/mol. The molecule has 9 heteroatoms. The van der Waals surface area contributed by atoms with Gasteiger partial charge in [0.1, 0.15) is 5.69 Å². The van der Waals surface area contributed by atoms with Gasteiger partial charge in [-0.2, -0.15) is 5.10 Å². The molecule has 0 atom stereocenters. The van der Waals surface area contributed by atoms with E-state index >= 15 is 0 Å². The van der Waals surface area contributed by atoms with E-state index in [1.54, 1.807) is 6.21 Å². The summed E-state index contributed by atoms with van der Waals surface area (Å²) in [5.74, 6) is 0.334. The molecule has 0 aliphatic carbocycles. The number of anilines is 1. The first-order valence-electron chi connectivity index (χ1n) is 6.88.